The van der Waals surface area contributed by atoms with Gasteiger partial charge in [-0.2, -0.15) is 0 Å². The molecule has 2 aromatic carbocycles. The van der Waals surface area contributed by atoms with Crippen LogP contribution in [0.15, 0.2) is 36.4 Å². The molecular weight excluding hydrogens is 565 g/mol. The van der Waals surface area contributed by atoms with Crippen molar-refractivity contribution in [3.63, 3.8) is 0 Å². The third-order valence-electron chi connectivity index (χ3n) is 9.01. The molecule has 8 heteroatoms. The van der Waals surface area contributed by atoms with Gasteiger partial charge in [-0.15, -0.1) is 0 Å². The van der Waals surface area contributed by atoms with Crippen LogP contribution >= 0.6 is 11.6 Å². The smallest absolute Gasteiger partial charge is 0.324 e. The second kappa shape index (κ2) is 12.9. The number of hydrogen-bond acceptors (Lipinski definition) is 5. The van der Waals surface area contributed by atoms with Gasteiger partial charge in [-0.3, -0.25) is 19.4 Å². The normalized spacial score (nSPS) is 23.0. The van der Waals surface area contributed by atoms with Crippen molar-refractivity contribution in [2.24, 2.45) is 5.92 Å². The lowest BCUT2D eigenvalue weighted by atomic mass is 9.87. The molecule has 4 rings (SSSR count). The summed E-state index contributed by atoms with van der Waals surface area (Å²) in [4.78, 5) is 34.2. The number of halogens is 2. The minimum Gasteiger partial charge on any atom is -0.459 e. The zero-order valence-electron chi connectivity index (χ0n) is 27.3. The van der Waals surface area contributed by atoms with Crippen molar-refractivity contribution in [1.82, 2.24) is 14.7 Å². The lowest BCUT2D eigenvalue weighted by molar-refractivity contribution is -0.163. The SMILES string of the molecule is Cc1ccc(C[C@@H](C(=O)OC(C)(C)C)N2CCN(C(=O)[C@@H]3CN(C(C)(C)C)C[C@H]3c3ccc(Cl)cc3F)[C@@H](C)C2)cc1C. The van der Waals surface area contributed by atoms with Gasteiger partial charge in [0.25, 0.3) is 0 Å². The lowest BCUT2D eigenvalue weighted by Crippen LogP contribution is -2.60. The van der Waals surface area contributed by atoms with Crippen molar-refractivity contribution in [2.75, 3.05) is 32.7 Å². The molecule has 0 radical (unpaired) electrons. The average molecular weight is 614 g/mol. The van der Waals surface area contributed by atoms with Crippen molar-refractivity contribution < 1.29 is 18.7 Å². The van der Waals surface area contributed by atoms with Crippen molar-refractivity contribution in [2.45, 2.75) is 97.9 Å². The Labute approximate surface area is 262 Å². The topological polar surface area (TPSA) is 53.1 Å². The molecule has 2 aliphatic rings. The van der Waals surface area contributed by atoms with Gasteiger partial charge < -0.3 is 9.64 Å². The standard InChI is InChI=1S/C35H49ClFN3O3/c1-22-10-11-25(16-23(22)2)17-31(33(42)43-35(7,8)9)38-14-15-40(24(3)19-38)32(41)29-21-39(34(4,5)6)20-28(29)27-13-12-26(36)18-30(27)37/h10-13,16,18,24,28-29,31H,14-15,17,19-21H2,1-9H3/t24-,28-,29+,31-/m0/s1. The Hall–Kier alpha value is -2.48. The van der Waals surface area contributed by atoms with Crippen LogP contribution in [0.5, 0.6) is 0 Å². The maximum Gasteiger partial charge on any atom is 0.324 e. The minimum atomic E-state index is -0.602. The number of carbonyl (C=O) groups excluding carboxylic acids is 2. The van der Waals surface area contributed by atoms with Crippen LogP contribution in [0.3, 0.4) is 0 Å². The monoisotopic (exact) mass is 613 g/mol. The quantitative estimate of drug-likeness (QED) is 0.353. The van der Waals surface area contributed by atoms with E-state index >= 15 is 4.39 Å². The molecule has 0 saturated carbocycles. The van der Waals surface area contributed by atoms with Crippen molar-refractivity contribution in [3.05, 3.63) is 69.5 Å². The van der Waals surface area contributed by atoms with Gasteiger partial charge in [0.1, 0.15) is 17.5 Å². The van der Waals surface area contributed by atoms with Gasteiger partial charge in [-0.25, -0.2) is 4.39 Å². The number of piperazine rings is 1. The van der Waals surface area contributed by atoms with Gasteiger partial charge in [0.05, 0.1) is 5.92 Å². The molecule has 6 nitrogen and oxygen atoms in total. The highest BCUT2D eigenvalue weighted by Crippen LogP contribution is 2.39. The van der Waals surface area contributed by atoms with E-state index in [-0.39, 0.29) is 41.1 Å². The summed E-state index contributed by atoms with van der Waals surface area (Å²) >= 11 is 6.06. The summed E-state index contributed by atoms with van der Waals surface area (Å²) in [6.07, 6.45) is 0.539. The number of rotatable bonds is 6. The molecule has 2 aliphatic heterocycles. The Balaban J connectivity index is 1.55. The van der Waals surface area contributed by atoms with Gasteiger partial charge in [0.2, 0.25) is 5.91 Å². The van der Waals surface area contributed by atoms with Gasteiger partial charge in [0.15, 0.2) is 0 Å². The summed E-state index contributed by atoms with van der Waals surface area (Å²) in [6.45, 7) is 21.0. The first kappa shape index (κ1) is 33.4. The lowest BCUT2D eigenvalue weighted by Gasteiger charge is -2.44. The molecule has 4 atom stereocenters. The van der Waals surface area contributed by atoms with Crippen LogP contribution in [0.4, 0.5) is 4.39 Å². The number of esters is 1. The Morgan fingerprint density at radius 2 is 1.67 bits per heavy atom. The zero-order valence-corrected chi connectivity index (χ0v) is 28.1. The van der Waals surface area contributed by atoms with E-state index in [1.54, 1.807) is 12.1 Å². The van der Waals surface area contributed by atoms with Gasteiger partial charge in [0, 0.05) is 55.2 Å². The van der Waals surface area contributed by atoms with E-state index in [1.165, 1.54) is 17.2 Å². The number of ether oxygens (including phenoxy) is 1. The van der Waals surface area contributed by atoms with Crippen molar-refractivity contribution in [3.8, 4) is 0 Å². The summed E-state index contributed by atoms with van der Waals surface area (Å²) < 4.78 is 21.0. The predicted octanol–water partition coefficient (Wildman–Crippen LogP) is 6.40. The molecule has 0 unspecified atom stereocenters. The fourth-order valence-electron chi connectivity index (χ4n) is 6.41. The molecule has 0 N–H and O–H groups in total. The van der Waals surface area contributed by atoms with Crippen LogP contribution in [0.2, 0.25) is 5.02 Å². The van der Waals surface area contributed by atoms with E-state index in [0.717, 1.165) is 5.56 Å². The van der Waals surface area contributed by atoms with E-state index in [9.17, 15) is 9.59 Å². The number of amides is 1. The van der Waals surface area contributed by atoms with Crippen LogP contribution in [0, 0.1) is 25.6 Å². The number of carbonyl (C=O) groups is 2. The minimum absolute atomic E-state index is 0.0428. The second-order valence-corrected chi connectivity index (χ2v) is 14.9. The second-order valence-electron chi connectivity index (χ2n) is 14.5. The molecule has 0 spiro atoms. The molecule has 0 bridgehead atoms. The molecule has 0 aliphatic carbocycles. The van der Waals surface area contributed by atoms with Crippen LogP contribution in [0.1, 0.15) is 76.6 Å². The molecule has 0 aromatic heterocycles. The number of aryl methyl sites for hydroxylation is 2. The largest absolute Gasteiger partial charge is 0.459 e. The summed E-state index contributed by atoms with van der Waals surface area (Å²) in [5, 5.41) is 0.347. The molecule has 1 amide bonds. The first-order valence-corrected chi connectivity index (χ1v) is 15.9. The molecule has 2 saturated heterocycles. The average Bonchev–Trinajstić information content (AvgIpc) is 3.34. The summed E-state index contributed by atoms with van der Waals surface area (Å²) in [7, 11) is 0. The van der Waals surface area contributed by atoms with Crippen molar-refractivity contribution >= 4 is 23.5 Å². The Kier molecular flexibility index (Phi) is 9.99. The Bertz CT molecular complexity index is 1330. The Morgan fingerprint density at radius 1 is 0.977 bits per heavy atom. The summed E-state index contributed by atoms with van der Waals surface area (Å²) in [6, 6.07) is 10.5. The zero-order chi connectivity index (χ0) is 31.9. The van der Waals surface area contributed by atoms with Crippen LogP contribution in [-0.4, -0.2) is 82.5 Å². The number of benzene rings is 2. The van der Waals surface area contributed by atoms with Crippen molar-refractivity contribution in [1.29, 1.82) is 0 Å². The van der Waals surface area contributed by atoms with E-state index in [1.807, 2.05) is 32.6 Å². The fourth-order valence-corrected chi connectivity index (χ4v) is 6.57. The van der Waals surface area contributed by atoms with E-state index in [0.29, 0.717) is 49.7 Å². The molecule has 2 aromatic rings. The van der Waals surface area contributed by atoms with E-state index in [4.69, 9.17) is 16.3 Å². The third-order valence-corrected chi connectivity index (χ3v) is 9.24. The van der Waals surface area contributed by atoms with Gasteiger partial charge in [-0.05, 0) is 103 Å². The summed E-state index contributed by atoms with van der Waals surface area (Å²) in [5.41, 5.74) is 3.28. The van der Waals surface area contributed by atoms with Crippen LogP contribution < -0.4 is 0 Å². The van der Waals surface area contributed by atoms with E-state index in [2.05, 4.69) is 62.6 Å². The molecule has 2 heterocycles. The predicted molar refractivity (Wildman–Crippen MR) is 171 cm³/mol. The number of likely N-dealkylation sites (tertiary alicyclic amines) is 1. The number of hydrogen-bond donors (Lipinski definition) is 0. The first-order valence-electron chi connectivity index (χ1n) is 15.5. The highest BCUT2D eigenvalue weighted by Gasteiger charge is 2.46. The van der Waals surface area contributed by atoms with Gasteiger partial charge >= 0.3 is 5.97 Å². The van der Waals surface area contributed by atoms with Crippen LogP contribution in [0.25, 0.3) is 0 Å². The third kappa shape index (κ3) is 7.98. The highest BCUT2D eigenvalue weighted by atomic mass is 35.5. The first-order chi connectivity index (χ1) is 19.9. The Morgan fingerprint density at radius 3 is 2.26 bits per heavy atom. The van der Waals surface area contributed by atoms with Crippen LogP contribution in [-0.2, 0) is 20.7 Å². The molecule has 236 valence electrons. The molecular formula is C35H49ClFN3O3. The maximum atomic E-state index is 15.2. The fraction of sp³-hybridized carbons (Fsp3) is 0.600. The maximum absolute atomic E-state index is 15.2. The van der Waals surface area contributed by atoms with Gasteiger partial charge in [-0.1, -0.05) is 35.9 Å². The highest BCUT2D eigenvalue weighted by molar-refractivity contribution is 6.30. The summed E-state index contributed by atoms with van der Waals surface area (Å²) in [5.74, 6) is -1.21. The number of nitrogens with zero attached hydrogens (tertiary/aromatic N) is 3. The molecule has 43 heavy (non-hydrogen) atoms. The molecule has 2 fully saturated rings. The van der Waals surface area contributed by atoms with E-state index < -0.39 is 11.6 Å².